The monoisotopic (exact) mass is 399 g/mol. The second kappa shape index (κ2) is 6.76. The summed E-state index contributed by atoms with van der Waals surface area (Å²) in [5.74, 6) is 0.0137. The number of anilines is 1. The van der Waals surface area contributed by atoms with Crippen LogP contribution in [0.5, 0.6) is 5.75 Å². The summed E-state index contributed by atoms with van der Waals surface area (Å²) < 4.78 is 10.2. The van der Waals surface area contributed by atoms with Crippen molar-refractivity contribution in [1.29, 1.82) is 0 Å². The topological polar surface area (TPSA) is 83.7 Å². The number of hydrogen-bond acceptors (Lipinski definition) is 5. The van der Waals surface area contributed by atoms with Crippen molar-refractivity contribution in [1.82, 2.24) is 9.88 Å². The number of carbonyl (C=O) groups excluding carboxylic acids is 2. The van der Waals surface area contributed by atoms with E-state index < -0.39 is 5.97 Å². The van der Waals surface area contributed by atoms with Crippen LogP contribution in [0.4, 0.5) is 5.69 Å². The molecule has 7 nitrogen and oxygen atoms in total. The Balaban J connectivity index is 1.59. The zero-order valence-electron chi connectivity index (χ0n) is 17.7. The fourth-order valence-corrected chi connectivity index (χ4v) is 5.60. The van der Waals surface area contributed by atoms with Gasteiger partial charge in [0.05, 0.1) is 32.0 Å². The van der Waals surface area contributed by atoms with Crippen LogP contribution in [0.3, 0.4) is 0 Å². The Morgan fingerprint density at radius 3 is 2.66 bits per heavy atom. The molecule has 2 heterocycles. The summed E-state index contributed by atoms with van der Waals surface area (Å²) in [5, 5.41) is 3.70. The molecule has 1 aromatic heterocycles. The number of amides is 1. The van der Waals surface area contributed by atoms with E-state index in [4.69, 9.17) is 9.47 Å². The van der Waals surface area contributed by atoms with Crippen molar-refractivity contribution < 1.29 is 19.1 Å². The minimum atomic E-state index is -0.524. The molecule has 1 saturated heterocycles. The van der Waals surface area contributed by atoms with Gasteiger partial charge in [-0.3, -0.25) is 9.69 Å². The van der Waals surface area contributed by atoms with E-state index in [0.29, 0.717) is 29.5 Å². The first-order chi connectivity index (χ1) is 13.7. The van der Waals surface area contributed by atoms with E-state index >= 15 is 0 Å². The molecule has 156 valence electrons. The van der Waals surface area contributed by atoms with E-state index in [-0.39, 0.29) is 22.4 Å². The number of H-pyrrole nitrogens is 1. The van der Waals surface area contributed by atoms with Crippen LogP contribution in [0.15, 0.2) is 18.2 Å². The molecule has 2 unspecified atom stereocenters. The van der Waals surface area contributed by atoms with Crippen LogP contribution in [0.1, 0.15) is 44.1 Å². The Labute approximate surface area is 170 Å². The van der Waals surface area contributed by atoms with Crippen molar-refractivity contribution in [2.45, 2.75) is 39.7 Å². The molecule has 2 bridgehead atoms. The van der Waals surface area contributed by atoms with Gasteiger partial charge in [0.25, 0.3) is 0 Å². The lowest BCUT2D eigenvalue weighted by molar-refractivity contribution is -0.118. The highest BCUT2D eigenvalue weighted by Gasteiger charge is 2.55. The minimum absolute atomic E-state index is 0.126. The number of nitrogens with one attached hydrogen (secondary N) is 2. The van der Waals surface area contributed by atoms with E-state index in [0.717, 1.165) is 18.4 Å². The van der Waals surface area contributed by atoms with Gasteiger partial charge in [-0.05, 0) is 35.8 Å². The summed E-state index contributed by atoms with van der Waals surface area (Å²) in [6, 6.07) is 5.83. The Hall–Kier alpha value is -2.54. The fraction of sp³-hybridized carbons (Fsp3) is 0.545. The lowest BCUT2D eigenvalue weighted by Gasteiger charge is -2.40. The molecule has 0 radical (unpaired) electrons. The Morgan fingerprint density at radius 1 is 1.28 bits per heavy atom. The van der Waals surface area contributed by atoms with Crippen molar-refractivity contribution in [2.75, 3.05) is 32.6 Å². The largest absolute Gasteiger partial charge is 0.497 e. The Kier molecular flexibility index (Phi) is 4.61. The molecule has 0 spiro atoms. The van der Waals surface area contributed by atoms with Crippen molar-refractivity contribution in [3.8, 4) is 5.75 Å². The van der Waals surface area contributed by atoms with Gasteiger partial charge in [0.15, 0.2) is 0 Å². The first kappa shape index (κ1) is 19.8. The van der Waals surface area contributed by atoms with Crippen LogP contribution in [0.2, 0.25) is 0 Å². The zero-order valence-corrected chi connectivity index (χ0v) is 17.7. The van der Waals surface area contributed by atoms with Crippen molar-refractivity contribution >= 4 is 28.5 Å². The Bertz CT molecular complexity index is 977. The van der Waals surface area contributed by atoms with Crippen LogP contribution < -0.4 is 10.1 Å². The number of benzene rings is 1. The molecule has 7 heteroatoms. The number of carbonyl (C=O) groups is 2. The number of likely N-dealkylation sites (tertiary alicyclic amines) is 1. The molecule has 2 fully saturated rings. The lowest BCUT2D eigenvalue weighted by Crippen LogP contribution is -2.47. The zero-order chi connectivity index (χ0) is 21.0. The number of aromatic nitrogens is 1. The van der Waals surface area contributed by atoms with Crippen LogP contribution >= 0.6 is 0 Å². The first-order valence-electron chi connectivity index (χ1n) is 9.98. The van der Waals surface area contributed by atoms with E-state index in [9.17, 15) is 9.59 Å². The number of methoxy groups -OCH3 is 2. The summed E-state index contributed by atoms with van der Waals surface area (Å²) in [4.78, 5) is 30.6. The molecule has 1 aromatic carbocycles. The number of nitrogens with zero attached hydrogens (tertiary/aromatic N) is 1. The van der Waals surface area contributed by atoms with Crippen LogP contribution in [0, 0.1) is 10.8 Å². The summed E-state index contributed by atoms with van der Waals surface area (Å²) in [5.41, 5.74) is 1.88. The third kappa shape index (κ3) is 3.37. The molecule has 1 amide bonds. The standard InChI is InChI=1S/C22H29N3O4/c1-21(2)11-22(3)9-16(21)25(12-22)10-17(26)24-18-14-7-6-13(28-4)8-15(14)23-19(18)20(27)29-5/h6-8,16,23H,9-12H2,1-5H3,(H,24,26). The predicted octanol–water partition coefficient (Wildman–Crippen LogP) is 3.41. The van der Waals surface area contributed by atoms with E-state index in [1.807, 2.05) is 6.07 Å². The quantitative estimate of drug-likeness (QED) is 0.753. The van der Waals surface area contributed by atoms with Gasteiger partial charge in [-0.1, -0.05) is 20.8 Å². The second-order valence-electron chi connectivity index (χ2n) is 9.43. The maximum absolute atomic E-state index is 12.9. The molecule has 1 saturated carbocycles. The number of ether oxygens (including phenoxy) is 2. The summed E-state index contributed by atoms with van der Waals surface area (Å²) >= 11 is 0. The normalized spacial score (nSPS) is 25.3. The molecule has 2 aromatic rings. The molecule has 1 aliphatic carbocycles. The fourth-order valence-electron chi connectivity index (χ4n) is 5.60. The summed E-state index contributed by atoms with van der Waals surface area (Å²) in [6.07, 6.45) is 2.33. The number of fused-ring (bicyclic) bond motifs is 3. The SMILES string of the molecule is COC(=O)c1[nH]c2cc(OC)ccc2c1NC(=O)CN1CC2(C)CC1C(C)(C)C2. The average Bonchev–Trinajstić information content (AvgIpc) is 3.25. The predicted molar refractivity (Wildman–Crippen MR) is 111 cm³/mol. The molecule has 2 N–H and O–H groups in total. The summed E-state index contributed by atoms with van der Waals surface area (Å²) in [6.45, 7) is 8.14. The number of piperidine rings is 1. The van der Waals surface area contributed by atoms with Gasteiger partial charge < -0.3 is 19.8 Å². The van der Waals surface area contributed by atoms with Gasteiger partial charge >= 0.3 is 5.97 Å². The smallest absolute Gasteiger partial charge is 0.356 e. The van der Waals surface area contributed by atoms with Gasteiger partial charge in [0, 0.05) is 24.0 Å². The molecule has 2 atom stereocenters. The molecular formula is C22H29N3O4. The molecule has 29 heavy (non-hydrogen) atoms. The maximum atomic E-state index is 12.9. The highest BCUT2D eigenvalue weighted by atomic mass is 16.5. The average molecular weight is 399 g/mol. The van der Waals surface area contributed by atoms with Crippen molar-refractivity contribution in [3.05, 3.63) is 23.9 Å². The molecule has 2 aliphatic rings. The Morgan fingerprint density at radius 2 is 2.03 bits per heavy atom. The van der Waals surface area contributed by atoms with E-state index in [2.05, 4.69) is 36.0 Å². The van der Waals surface area contributed by atoms with Gasteiger partial charge in [-0.25, -0.2) is 4.79 Å². The molecule has 4 rings (SSSR count). The van der Waals surface area contributed by atoms with Crippen molar-refractivity contribution in [2.24, 2.45) is 10.8 Å². The van der Waals surface area contributed by atoms with Crippen LogP contribution in [-0.4, -0.2) is 55.1 Å². The van der Waals surface area contributed by atoms with Gasteiger partial charge in [-0.2, -0.15) is 0 Å². The van der Waals surface area contributed by atoms with Gasteiger partial charge in [-0.15, -0.1) is 0 Å². The highest BCUT2D eigenvalue weighted by molar-refractivity contribution is 6.11. The lowest BCUT2D eigenvalue weighted by atomic mass is 9.79. The second-order valence-corrected chi connectivity index (χ2v) is 9.43. The number of rotatable bonds is 5. The number of hydrogen-bond donors (Lipinski definition) is 2. The molecule has 1 aliphatic heterocycles. The van der Waals surface area contributed by atoms with E-state index in [1.165, 1.54) is 13.5 Å². The minimum Gasteiger partial charge on any atom is -0.497 e. The number of esters is 1. The van der Waals surface area contributed by atoms with Crippen molar-refractivity contribution in [3.63, 3.8) is 0 Å². The molecular weight excluding hydrogens is 370 g/mol. The highest BCUT2D eigenvalue weighted by Crippen LogP contribution is 2.56. The summed E-state index contributed by atoms with van der Waals surface area (Å²) in [7, 11) is 2.91. The first-order valence-corrected chi connectivity index (χ1v) is 9.98. The van der Waals surface area contributed by atoms with Crippen LogP contribution in [0.25, 0.3) is 10.9 Å². The number of aromatic amines is 1. The third-order valence-corrected chi connectivity index (χ3v) is 6.50. The van der Waals surface area contributed by atoms with E-state index in [1.54, 1.807) is 19.2 Å². The van der Waals surface area contributed by atoms with Crippen LogP contribution in [-0.2, 0) is 9.53 Å². The van der Waals surface area contributed by atoms with Gasteiger partial charge in [0.1, 0.15) is 11.4 Å². The van der Waals surface area contributed by atoms with Gasteiger partial charge in [0.2, 0.25) is 5.91 Å². The maximum Gasteiger partial charge on any atom is 0.356 e. The third-order valence-electron chi connectivity index (χ3n) is 6.50.